The maximum atomic E-state index is 12.4. The van der Waals surface area contributed by atoms with Gasteiger partial charge in [0.2, 0.25) is 5.91 Å². The van der Waals surface area contributed by atoms with Crippen LogP contribution in [0.3, 0.4) is 0 Å². The highest BCUT2D eigenvalue weighted by Gasteiger charge is 2.20. The van der Waals surface area contributed by atoms with Crippen molar-refractivity contribution < 1.29 is 4.79 Å². The molecule has 3 heterocycles. The minimum Gasteiger partial charge on any atom is -0.312 e. The minimum atomic E-state index is -0.509. The van der Waals surface area contributed by atoms with Gasteiger partial charge < -0.3 is 5.32 Å². The highest BCUT2D eigenvalue weighted by Crippen LogP contribution is 2.21. The lowest BCUT2D eigenvalue weighted by Crippen LogP contribution is -2.33. The van der Waals surface area contributed by atoms with E-state index in [0.29, 0.717) is 29.3 Å². The molecule has 4 rings (SSSR count). The summed E-state index contributed by atoms with van der Waals surface area (Å²) in [6.07, 6.45) is 0.535. The lowest BCUT2D eigenvalue weighted by Gasteiger charge is -2.12. The van der Waals surface area contributed by atoms with Crippen molar-refractivity contribution in [2.45, 2.75) is 12.8 Å². The number of nitrogens with zero attached hydrogens (tertiary/aromatic N) is 4. The van der Waals surface area contributed by atoms with Crippen molar-refractivity contribution in [2.75, 3.05) is 11.6 Å². The molecular weight excluding hydrogens is 448 g/mol. The van der Waals surface area contributed by atoms with Gasteiger partial charge >= 0.3 is 5.69 Å². The van der Waals surface area contributed by atoms with Crippen molar-refractivity contribution in [3.8, 4) is 0 Å². The summed E-state index contributed by atoms with van der Waals surface area (Å²) in [6.45, 7) is 0.665. The van der Waals surface area contributed by atoms with Crippen LogP contribution in [0.2, 0.25) is 0 Å². The van der Waals surface area contributed by atoms with Crippen LogP contribution in [-0.2, 0) is 18.3 Å². The Bertz CT molecular complexity index is 1210. The number of fused-ring (bicyclic) bond motifs is 1. The van der Waals surface area contributed by atoms with Crippen LogP contribution in [0.25, 0.3) is 10.2 Å². The predicted octanol–water partition coefficient (Wildman–Crippen LogP) is 1.33. The molecule has 0 saturated heterocycles. The molecule has 11 heteroatoms. The minimum absolute atomic E-state index is 0.0708. The molecule has 1 aliphatic heterocycles. The van der Waals surface area contributed by atoms with E-state index in [1.54, 1.807) is 0 Å². The lowest BCUT2D eigenvalue weighted by molar-refractivity contribution is -0.119. The number of rotatable bonds is 3. The summed E-state index contributed by atoms with van der Waals surface area (Å²) in [5, 5.41) is 9.31. The molecule has 3 aromatic rings. The SMILES string of the molecule is Cn1c(=O)[nH]c2snc(CC(=O)NC3=NN(c4ccc(Br)cc4)CC3)c2c1=O. The molecular formula is C17H15BrN6O3S. The molecule has 0 saturated carbocycles. The second kappa shape index (κ2) is 7.32. The quantitative estimate of drug-likeness (QED) is 0.609. The largest absolute Gasteiger partial charge is 0.329 e. The number of amidine groups is 1. The zero-order chi connectivity index (χ0) is 19.8. The Balaban J connectivity index is 1.49. The third kappa shape index (κ3) is 3.50. The van der Waals surface area contributed by atoms with Gasteiger partial charge in [-0.15, -0.1) is 0 Å². The smallest absolute Gasteiger partial charge is 0.312 e. The molecule has 1 amide bonds. The van der Waals surface area contributed by atoms with Gasteiger partial charge in [-0.2, -0.15) is 9.47 Å². The maximum Gasteiger partial charge on any atom is 0.329 e. The number of amides is 1. The summed E-state index contributed by atoms with van der Waals surface area (Å²) in [6, 6.07) is 7.74. The fourth-order valence-electron chi connectivity index (χ4n) is 2.89. The highest BCUT2D eigenvalue weighted by atomic mass is 79.9. The van der Waals surface area contributed by atoms with E-state index in [-0.39, 0.29) is 17.7 Å². The second-order valence-corrected chi connectivity index (χ2v) is 7.94. The summed E-state index contributed by atoms with van der Waals surface area (Å²) in [5.41, 5.74) is 0.309. The van der Waals surface area contributed by atoms with E-state index in [1.165, 1.54) is 7.05 Å². The first-order valence-electron chi connectivity index (χ1n) is 8.40. The number of anilines is 1. The lowest BCUT2D eigenvalue weighted by atomic mass is 10.2. The molecule has 28 heavy (non-hydrogen) atoms. The summed E-state index contributed by atoms with van der Waals surface area (Å²) in [5.74, 6) is 0.255. The van der Waals surface area contributed by atoms with Crippen LogP contribution >= 0.6 is 27.5 Å². The zero-order valence-corrected chi connectivity index (χ0v) is 17.1. The summed E-state index contributed by atoms with van der Waals surface area (Å²) in [4.78, 5) is 39.4. The van der Waals surface area contributed by atoms with Crippen LogP contribution in [0.15, 0.2) is 43.4 Å². The number of nitrogens with one attached hydrogen (secondary N) is 2. The molecule has 2 N–H and O–H groups in total. The number of carbonyl (C=O) groups excluding carboxylic acids is 1. The average Bonchev–Trinajstić information content (AvgIpc) is 3.28. The first-order chi connectivity index (χ1) is 13.4. The van der Waals surface area contributed by atoms with Crippen molar-refractivity contribution in [3.63, 3.8) is 0 Å². The Hall–Kier alpha value is -2.79. The van der Waals surface area contributed by atoms with Gasteiger partial charge in [0.1, 0.15) is 10.7 Å². The first kappa shape index (κ1) is 18.6. The number of aromatic amines is 1. The van der Waals surface area contributed by atoms with Crippen molar-refractivity contribution in [1.82, 2.24) is 19.2 Å². The van der Waals surface area contributed by atoms with Crippen molar-refractivity contribution in [2.24, 2.45) is 12.1 Å². The summed E-state index contributed by atoms with van der Waals surface area (Å²) >= 11 is 4.39. The normalized spacial score (nSPS) is 13.8. The molecule has 1 aliphatic rings. The Kier molecular flexibility index (Phi) is 4.85. The standard InChI is InChI=1S/C17H15BrN6O3S/c1-23-16(26)14-11(22-28-15(14)20-17(23)27)8-13(25)19-12-6-7-24(21-12)10-4-2-9(18)3-5-10/h2-5H,6-8H2,1H3,(H,20,27)(H,19,21,25). The zero-order valence-electron chi connectivity index (χ0n) is 14.7. The topological polar surface area (TPSA) is 112 Å². The number of hydrazone groups is 1. The molecule has 2 aromatic heterocycles. The van der Waals surface area contributed by atoms with Gasteiger partial charge in [-0.05, 0) is 35.8 Å². The molecule has 0 unspecified atom stereocenters. The Labute approximate surface area is 171 Å². The highest BCUT2D eigenvalue weighted by molar-refractivity contribution is 9.10. The van der Waals surface area contributed by atoms with E-state index in [9.17, 15) is 14.4 Å². The molecule has 0 bridgehead atoms. The Morgan fingerprint density at radius 1 is 1.32 bits per heavy atom. The van der Waals surface area contributed by atoms with E-state index in [2.05, 4.69) is 35.7 Å². The average molecular weight is 463 g/mol. The van der Waals surface area contributed by atoms with Crippen molar-refractivity contribution in [3.05, 3.63) is 55.3 Å². The fourth-order valence-corrected chi connectivity index (χ4v) is 3.94. The van der Waals surface area contributed by atoms with Crippen LogP contribution < -0.4 is 21.6 Å². The van der Waals surface area contributed by atoms with E-state index >= 15 is 0 Å². The molecule has 0 fully saturated rings. The Morgan fingerprint density at radius 3 is 2.82 bits per heavy atom. The van der Waals surface area contributed by atoms with Gasteiger partial charge in [0.15, 0.2) is 0 Å². The molecule has 0 spiro atoms. The summed E-state index contributed by atoms with van der Waals surface area (Å²) in [7, 11) is 1.38. The predicted molar refractivity (Wildman–Crippen MR) is 111 cm³/mol. The molecule has 0 aliphatic carbocycles. The number of hydrogen-bond acceptors (Lipinski definition) is 7. The van der Waals surface area contributed by atoms with Gasteiger partial charge in [-0.25, -0.2) is 4.79 Å². The van der Waals surface area contributed by atoms with Gasteiger partial charge in [0.05, 0.1) is 23.2 Å². The van der Waals surface area contributed by atoms with E-state index in [4.69, 9.17) is 0 Å². The number of halogens is 1. The van der Waals surface area contributed by atoms with Crippen molar-refractivity contribution >= 4 is 55.1 Å². The molecule has 0 radical (unpaired) electrons. The van der Waals surface area contributed by atoms with Crippen LogP contribution in [0.5, 0.6) is 0 Å². The number of benzene rings is 1. The second-order valence-electron chi connectivity index (χ2n) is 6.25. The number of H-pyrrole nitrogens is 1. The van der Waals surface area contributed by atoms with E-state index in [1.807, 2.05) is 29.3 Å². The monoisotopic (exact) mass is 462 g/mol. The van der Waals surface area contributed by atoms with Crippen LogP contribution in [-0.4, -0.2) is 32.2 Å². The van der Waals surface area contributed by atoms with Crippen LogP contribution in [0, 0.1) is 0 Å². The number of hydrogen-bond donors (Lipinski definition) is 2. The molecule has 1 aromatic carbocycles. The fraction of sp³-hybridized carbons (Fsp3) is 0.235. The number of aromatic nitrogens is 3. The van der Waals surface area contributed by atoms with Crippen LogP contribution in [0.1, 0.15) is 12.1 Å². The van der Waals surface area contributed by atoms with Gasteiger partial charge in [0, 0.05) is 24.5 Å². The van der Waals surface area contributed by atoms with Gasteiger partial charge in [-0.3, -0.25) is 24.1 Å². The van der Waals surface area contributed by atoms with E-state index in [0.717, 1.165) is 26.3 Å². The molecule has 9 nitrogen and oxygen atoms in total. The number of carbonyl (C=O) groups is 1. The molecule has 144 valence electrons. The van der Waals surface area contributed by atoms with Crippen LogP contribution in [0.4, 0.5) is 5.69 Å². The first-order valence-corrected chi connectivity index (χ1v) is 9.97. The maximum absolute atomic E-state index is 12.4. The summed E-state index contributed by atoms with van der Waals surface area (Å²) < 4.78 is 6.12. The Morgan fingerprint density at radius 2 is 2.07 bits per heavy atom. The van der Waals surface area contributed by atoms with E-state index < -0.39 is 11.2 Å². The van der Waals surface area contributed by atoms with Gasteiger partial charge in [0.25, 0.3) is 5.56 Å². The third-order valence-corrected chi connectivity index (χ3v) is 5.67. The molecule has 0 atom stereocenters. The third-order valence-electron chi connectivity index (χ3n) is 4.34. The van der Waals surface area contributed by atoms with Gasteiger partial charge in [-0.1, -0.05) is 15.9 Å². The van der Waals surface area contributed by atoms with Crippen molar-refractivity contribution in [1.29, 1.82) is 0 Å².